The summed E-state index contributed by atoms with van der Waals surface area (Å²) < 4.78 is 1.43. The van der Waals surface area contributed by atoms with Crippen molar-refractivity contribution in [3.8, 4) is 0 Å². The Hall–Kier alpha value is -1.29. The summed E-state index contributed by atoms with van der Waals surface area (Å²) in [5, 5.41) is 10.3. The molecule has 0 saturated heterocycles. The molecule has 11 heavy (non-hydrogen) atoms. The molecule has 0 saturated carbocycles. The van der Waals surface area contributed by atoms with Crippen molar-refractivity contribution in [2.45, 2.75) is 0 Å². The van der Waals surface area contributed by atoms with E-state index in [-0.39, 0.29) is 10.7 Å². The SMILES string of the molecule is C=Cn1cc(Cl)c([N+](=O)[O-])c1. The van der Waals surface area contributed by atoms with Crippen molar-refractivity contribution < 1.29 is 4.92 Å². The van der Waals surface area contributed by atoms with Crippen LogP contribution in [0.25, 0.3) is 6.20 Å². The van der Waals surface area contributed by atoms with Gasteiger partial charge in [-0.05, 0) is 0 Å². The van der Waals surface area contributed by atoms with Gasteiger partial charge in [-0.1, -0.05) is 18.2 Å². The number of halogens is 1. The van der Waals surface area contributed by atoms with Crippen molar-refractivity contribution in [2.75, 3.05) is 0 Å². The third-order valence-corrected chi connectivity index (χ3v) is 1.48. The fourth-order valence-corrected chi connectivity index (χ4v) is 0.907. The molecule has 5 heteroatoms. The molecule has 1 rings (SSSR count). The number of hydrogen-bond acceptors (Lipinski definition) is 2. The van der Waals surface area contributed by atoms with Crippen LogP contribution in [-0.4, -0.2) is 9.49 Å². The lowest BCUT2D eigenvalue weighted by Gasteiger charge is -1.83. The smallest absolute Gasteiger partial charge is 0.305 e. The Kier molecular flexibility index (Phi) is 1.96. The van der Waals surface area contributed by atoms with E-state index < -0.39 is 4.92 Å². The van der Waals surface area contributed by atoms with Gasteiger partial charge in [-0.2, -0.15) is 0 Å². The highest BCUT2D eigenvalue weighted by molar-refractivity contribution is 6.32. The van der Waals surface area contributed by atoms with Crippen molar-refractivity contribution in [2.24, 2.45) is 0 Å². The van der Waals surface area contributed by atoms with Crippen molar-refractivity contribution >= 4 is 23.5 Å². The summed E-state index contributed by atoms with van der Waals surface area (Å²) in [5.41, 5.74) is -0.105. The summed E-state index contributed by atoms with van der Waals surface area (Å²) in [7, 11) is 0. The molecule has 0 aliphatic carbocycles. The average Bonchev–Trinajstić information content (AvgIpc) is 2.30. The first kappa shape index (κ1) is 7.81. The summed E-state index contributed by atoms with van der Waals surface area (Å²) in [6.45, 7) is 3.43. The van der Waals surface area contributed by atoms with Gasteiger partial charge >= 0.3 is 5.69 Å². The monoisotopic (exact) mass is 172 g/mol. The van der Waals surface area contributed by atoms with Gasteiger partial charge in [0.2, 0.25) is 0 Å². The van der Waals surface area contributed by atoms with Crippen molar-refractivity contribution in [1.82, 2.24) is 4.57 Å². The molecule has 0 aromatic carbocycles. The zero-order chi connectivity index (χ0) is 8.43. The van der Waals surface area contributed by atoms with Gasteiger partial charge in [-0.25, -0.2) is 0 Å². The van der Waals surface area contributed by atoms with Crippen LogP contribution in [0.2, 0.25) is 5.02 Å². The summed E-state index contributed by atoms with van der Waals surface area (Å²) in [6, 6.07) is 0. The standard InChI is InChI=1S/C6H5ClN2O2/c1-2-8-3-5(7)6(4-8)9(10)11/h2-4H,1H2. The van der Waals surface area contributed by atoms with Gasteiger partial charge in [0.15, 0.2) is 0 Å². The molecule has 1 heterocycles. The molecule has 0 fully saturated rings. The van der Waals surface area contributed by atoms with Crippen LogP contribution < -0.4 is 0 Å². The van der Waals surface area contributed by atoms with Crippen molar-refractivity contribution in [3.05, 3.63) is 34.1 Å². The lowest BCUT2D eigenvalue weighted by Crippen LogP contribution is -1.85. The molecule has 0 spiro atoms. The minimum Gasteiger partial charge on any atom is -0.323 e. The number of nitro groups is 1. The first-order valence-corrected chi connectivity index (χ1v) is 3.17. The first-order valence-electron chi connectivity index (χ1n) is 2.79. The zero-order valence-corrected chi connectivity index (χ0v) is 6.28. The Balaban J connectivity index is 3.16. The fourth-order valence-electron chi connectivity index (χ4n) is 0.677. The van der Waals surface area contributed by atoms with Gasteiger partial charge in [0.1, 0.15) is 5.02 Å². The van der Waals surface area contributed by atoms with Gasteiger partial charge in [0, 0.05) is 12.4 Å². The van der Waals surface area contributed by atoms with Crippen LogP contribution in [-0.2, 0) is 0 Å². The zero-order valence-electron chi connectivity index (χ0n) is 5.53. The van der Waals surface area contributed by atoms with Crippen molar-refractivity contribution in [3.63, 3.8) is 0 Å². The normalized spacial score (nSPS) is 9.55. The van der Waals surface area contributed by atoms with E-state index in [9.17, 15) is 10.1 Å². The predicted octanol–water partition coefficient (Wildman–Crippen LogP) is 2.15. The Labute approximate surface area is 67.8 Å². The second kappa shape index (κ2) is 2.75. The molecule has 0 bridgehead atoms. The molecular formula is C6H5ClN2O2. The van der Waals surface area contributed by atoms with E-state index in [0.29, 0.717) is 0 Å². The lowest BCUT2D eigenvalue weighted by atomic mass is 10.5. The van der Waals surface area contributed by atoms with Crippen LogP contribution in [0.5, 0.6) is 0 Å². The molecule has 0 unspecified atom stereocenters. The average molecular weight is 173 g/mol. The fraction of sp³-hybridized carbons (Fsp3) is 0. The maximum atomic E-state index is 10.2. The maximum absolute atomic E-state index is 10.2. The number of hydrogen-bond donors (Lipinski definition) is 0. The number of aromatic nitrogens is 1. The largest absolute Gasteiger partial charge is 0.323 e. The molecular weight excluding hydrogens is 168 g/mol. The Morgan fingerprint density at radius 1 is 1.73 bits per heavy atom. The molecule has 0 amide bonds. The molecule has 0 N–H and O–H groups in total. The number of nitrogens with zero attached hydrogens (tertiary/aromatic N) is 2. The molecule has 0 radical (unpaired) electrons. The highest BCUT2D eigenvalue weighted by Crippen LogP contribution is 2.24. The Morgan fingerprint density at radius 3 is 2.64 bits per heavy atom. The van der Waals surface area contributed by atoms with Crippen LogP contribution in [0.1, 0.15) is 0 Å². The van der Waals surface area contributed by atoms with Crippen LogP contribution in [0.4, 0.5) is 5.69 Å². The second-order valence-corrected chi connectivity index (χ2v) is 2.29. The first-order chi connectivity index (χ1) is 5.15. The highest BCUT2D eigenvalue weighted by atomic mass is 35.5. The summed E-state index contributed by atoms with van der Waals surface area (Å²) >= 11 is 5.51. The minimum absolute atomic E-state index is 0.105. The Morgan fingerprint density at radius 2 is 2.36 bits per heavy atom. The van der Waals surface area contributed by atoms with Crippen LogP contribution >= 0.6 is 11.6 Å². The third-order valence-electron chi connectivity index (χ3n) is 1.19. The van der Waals surface area contributed by atoms with Crippen LogP contribution in [0.3, 0.4) is 0 Å². The van der Waals surface area contributed by atoms with Gasteiger partial charge in [0.25, 0.3) is 0 Å². The molecule has 0 atom stereocenters. The van der Waals surface area contributed by atoms with Crippen molar-refractivity contribution in [1.29, 1.82) is 0 Å². The molecule has 0 aliphatic rings. The quantitative estimate of drug-likeness (QED) is 0.507. The molecule has 4 nitrogen and oxygen atoms in total. The molecule has 58 valence electrons. The topological polar surface area (TPSA) is 48.1 Å². The van der Waals surface area contributed by atoms with Crippen LogP contribution in [0.15, 0.2) is 19.0 Å². The van der Waals surface area contributed by atoms with E-state index in [1.807, 2.05) is 0 Å². The van der Waals surface area contributed by atoms with Gasteiger partial charge in [0.05, 0.1) is 11.1 Å². The van der Waals surface area contributed by atoms with E-state index in [4.69, 9.17) is 11.6 Å². The molecule has 0 aliphatic heterocycles. The van der Waals surface area contributed by atoms with Crippen LogP contribution in [0, 0.1) is 10.1 Å². The summed E-state index contributed by atoms with van der Waals surface area (Å²) in [6.07, 6.45) is 4.15. The van der Waals surface area contributed by atoms with Gasteiger partial charge in [-0.15, -0.1) is 0 Å². The van der Waals surface area contributed by atoms with E-state index in [2.05, 4.69) is 6.58 Å². The Bertz CT molecular complexity index is 306. The highest BCUT2D eigenvalue weighted by Gasteiger charge is 2.13. The number of rotatable bonds is 2. The van der Waals surface area contributed by atoms with E-state index in [1.54, 1.807) is 0 Å². The maximum Gasteiger partial charge on any atom is 0.305 e. The van der Waals surface area contributed by atoms with Gasteiger partial charge in [-0.3, -0.25) is 10.1 Å². The van der Waals surface area contributed by atoms with E-state index in [1.165, 1.54) is 23.2 Å². The lowest BCUT2D eigenvalue weighted by molar-refractivity contribution is -0.384. The summed E-state index contributed by atoms with van der Waals surface area (Å²) in [4.78, 5) is 9.69. The minimum atomic E-state index is -0.539. The molecule has 1 aromatic heterocycles. The van der Waals surface area contributed by atoms with E-state index in [0.717, 1.165) is 0 Å². The van der Waals surface area contributed by atoms with E-state index >= 15 is 0 Å². The second-order valence-electron chi connectivity index (χ2n) is 1.88. The summed E-state index contributed by atoms with van der Waals surface area (Å²) in [5.74, 6) is 0. The predicted molar refractivity (Wildman–Crippen MR) is 42.5 cm³/mol. The third kappa shape index (κ3) is 1.40. The molecule has 1 aromatic rings. The van der Waals surface area contributed by atoms with Gasteiger partial charge < -0.3 is 4.57 Å².